The Morgan fingerprint density at radius 3 is 2.85 bits per heavy atom. The summed E-state index contributed by atoms with van der Waals surface area (Å²) in [5.74, 6) is 1.76. The van der Waals surface area contributed by atoms with Crippen LogP contribution in [-0.4, -0.2) is 27.8 Å². The summed E-state index contributed by atoms with van der Waals surface area (Å²) in [7, 11) is 1.97. The molecule has 1 unspecified atom stereocenters. The van der Waals surface area contributed by atoms with Crippen molar-refractivity contribution in [1.82, 2.24) is 14.9 Å². The lowest BCUT2D eigenvalue weighted by Gasteiger charge is -2.27. The Balaban J connectivity index is 2.15. The fraction of sp³-hybridized carbons (Fsp3) is 0.533. The van der Waals surface area contributed by atoms with E-state index in [0.717, 1.165) is 24.6 Å². The van der Waals surface area contributed by atoms with Gasteiger partial charge in [0.25, 0.3) is 0 Å². The van der Waals surface area contributed by atoms with Crippen LogP contribution in [0.2, 0.25) is 0 Å². The number of aryl methyl sites for hydroxylation is 1. The summed E-state index contributed by atoms with van der Waals surface area (Å²) in [5, 5.41) is 12.6. The highest BCUT2D eigenvalue weighted by atomic mass is 16.3. The number of hydrogen-bond acceptors (Lipinski definition) is 4. The van der Waals surface area contributed by atoms with Crippen molar-refractivity contribution in [2.45, 2.75) is 26.3 Å². The molecule has 110 valence electrons. The molecule has 2 N–H and O–H groups in total. The van der Waals surface area contributed by atoms with E-state index >= 15 is 0 Å². The minimum Gasteiger partial charge on any atom is -0.467 e. The van der Waals surface area contributed by atoms with Gasteiger partial charge in [0.15, 0.2) is 0 Å². The lowest BCUT2D eigenvalue weighted by molar-refractivity contribution is 0.202. The molecule has 0 saturated heterocycles. The van der Waals surface area contributed by atoms with Crippen LogP contribution in [0.3, 0.4) is 0 Å². The maximum atomic E-state index is 9.12. The first kappa shape index (κ1) is 14.8. The number of nitrogens with one attached hydrogen (secondary N) is 1. The van der Waals surface area contributed by atoms with Gasteiger partial charge in [-0.2, -0.15) is 0 Å². The highest BCUT2D eigenvalue weighted by Crippen LogP contribution is 2.24. The first-order valence-electron chi connectivity index (χ1n) is 6.88. The second kappa shape index (κ2) is 6.24. The highest BCUT2D eigenvalue weighted by Gasteiger charge is 2.24. The Kier molecular flexibility index (Phi) is 4.62. The first-order chi connectivity index (χ1) is 9.53. The molecule has 2 aromatic rings. The number of furan rings is 1. The molecule has 2 rings (SSSR count). The molecule has 2 heterocycles. The highest BCUT2D eigenvalue weighted by molar-refractivity contribution is 5.15. The molecule has 0 aromatic carbocycles. The van der Waals surface area contributed by atoms with Gasteiger partial charge in [-0.1, -0.05) is 13.8 Å². The molecule has 0 amide bonds. The average molecular weight is 277 g/mol. The number of rotatable bonds is 7. The molecule has 20 heavy (non-hydrogen) atoms. The van der Waals surface area contributed by atoms with Crippen LogP contribution in [-0.2, 0) is 7.05 Å². The van der Waals surface area contributed by atoms with E-state index in [4.69, 9.17) is 9.52 Å². The van der Waals surface area contributed by atoms with Gasteiger partial charge in [0.05, 0.1) is 6.26 Å². The van der Waals surface area contributed by atoms with Gasteiger partial charge in [-0.3, -0.25) is 0 Å². The van der Waals surface area contributed by atoms with E-state index in [1.165, 1.54) is 0 Å². The monoisotopic (exact) mass is 277 g/mol. The smallest absolute Gasteiger partial charge is 0.133 e. The fourth-order valence-electron chi connectivity index (χ4n) is 2.20. The quantitative estimate of drug-likeness (QED) is 0.813. The summed E-state index contributed by atoms with van der Waals surface area (Å²) in [6.07, 6.45) is 6.13. The minimum atomic E-state index is -0.0806. The first-order valence-corrected chi connectivity index (χ1v) is 6.88. The van der Waals surface area contributed by atoms with Crippen molar-refractivity contribution >= 4 is 0 Å². The molecule has 0 radical (unpaired) electrons. The lowest BCUT2D eigenvalue weighted by atomic mass is 9.89. The Bertz CT molecular complexity index is 517. The van der Waals surface area contributed by atoms with E-state index in [2.05, 4.69) is 24.1 Å². The average Bonchev–Trinajstić information content (AvgIpc) is 3.02. The molecule has 0 aliphatic heterocycles. The van der Waals surface area contributed by atoms with Crippen LogP contribution in [0, 0.1) is 5.41 Å². The van der Waals surface area contributed by atoms with E-state index in [-0.39, 0.29) is 18.1 Å². The number of imidazole rings is 1. The van der Waals surface area contributed by atoms with E-state index in [1.54, 1.807) is 12.5 Å². The second-order valence-corrected chi connectivity index (χ2v) is 5.86. The molecule has 5 nitrogen and oxygen atoms in total. The number of aliphatic hydroxyl groups is 1. The normalized spacial score (nSPS) is 13.6. The maximum absolute atomic E-state index is 9.12. The van der Waals surface area contributed by atoms with Crippen molar-refractivity contribution in [3.8, 4) is 0 Å². The molecule has 0 saturated carbocycles. The van der Waals surface area contributed by atoms with Crippen molar-refractivity contribution < 1.29 is 9.52 Å². The second-order valence-electron chi connectivity index (χ2n) is 5.86. The molecule has 0 fully saturated rings. The Labute approximate surface area is 119 Å². The Morgan fingerprint density at radius 1 is 1.50 bits per heavy atom. The predicted molar refractivity (Wildman–Crippen MR) is 77.2 cm³/mol. The largest absolute Gasteiger partial charge is 0.467 e. The van der Waals surface area contributed by atoms with Crippen molar-refractivity contribution in [3.05, 3.63) is 42.4 Å². The minimum absolute atomic E-state index is 0.0186. The maximum Gasteiger partial charge on any atom is 0.133 e. The van der Waals surface area contributed by atoms with Gasteiger partial charge in [-0.15, -0.1) is 0 Å². The van der Waals surface area contributed by atoms with Crippen molar-refractivity contribution in [2.24, 2.45) is 12.5 Å². The summed E-state index contributed by atoms with van der Waals surface area (Å²) in [6, 6.07) is 3.75. The fourth-order valence-corrected chi connectivity index (χ4v) is 2.20. The molecule has 1 atom stereocenters. The van der Waals surface area contributed by atoms with Crippen LogP contribution >= 0.6 is 0 Å². The summed E-state index contributed by atoms with van der Waals surface area (Å²) in [4.78, 5) is 4.41. The van der Waals surface area contributed by atoms with E-state index in [9.17, 15) is 0 Å². The summed E-state index contributed by atoms with van der Waals surface area (Å²) >= 11 is 0. The van der Waals surface area contributed by atoms with Crippen LogP contribution < -0.4 is 5.32 Å². The SMILES string of the molecule is Cn1ccnc1C(NCC(C)(C)CCO)c1ccco1. The van der Waals surface area contributed by atoms with Gasteiger partial charge < -0.3 is 19.4 Å². The van der Waals surface area contributed by atoms with E-state index < -0.39 is 0 Å². The van der Waals surface area contributed by atoms with E-state index in [1.807, 2.05) is 29.9 Å². The standard InChI is InChI=1S/C15H23N3O2/c1-15(2,6-9-19)11-17-13(12-5-4-10-20-12)14-16-7-8-18(14)3/h4-5,7-8,10,13,17,19H,6,9,11H2,1-3H3. The van der Waals surface area contributed by atoms with Gasteiger partial charge in [0, 0.05) is 32.6 Å². The predicted octanol–water partition coefficient (Wildman–Crippen LogP) is 2.10. The zero-order valence-electron chi connectivity index (χ0n) is 12.3. The zero-order chi connectivity index (χ0) is 14.6. The van der Waals surface area contributed by atoms with Crippen LogP contribution in [0.1, 0.15) is 37.9 Å². The van der Waals surface area contributed by atoms with Gasteiger partial charge in [-0.25, -0.2) is 4.98 Å². The summed E-state index contributed by atoms with van der Waals surface area (Å²) in [6.45, 7) is 5.23. The van der Waals surface area contributed by atoms with Crippen LogP contribution in [0.25, 0.3) is 0 Å². The molecule has 5 heteroatoms. The van der Waals surface area contributed by atoms with Gasteiger partial charge in [0.1, 0.15) is 17.6 Å². The van der Waals surface area contributed by atoms with Crippen molar-refractivity contribution in [3.63, 3.8) is 0 Å². The third kappa shape index (κ3) is 3.49. The Hall–Kier alpha value is -1.59. The number of hydrogen-bond donors (Lipinski definition) is 2. The summed E-state index contributed by atoms with van der Waals surface area (Å²) in [5.41, 5.74) is 0.0186. The molecule has 0 aliphatic carbocycles. The van der Waals surface area contributed by atoms with Gasteiger partial charge >= 0.3 is 0 Å². The van der Waals surface area contributed by atoms with Crippen LogP contribution in [0.15, 0.2) is 35.2 Å². The Morgan fingerprint density at radius 2 is 2.30 bits per heavy atom. The zero-order valence-corrected chi connectivity index (χ0v) is 12.3. The number of nitrogens with zero attached hydrogens (tertiary/aromatic N) is 2. The lowest BCUT2D eigenvalue weighted by Crippen LogP contribution is -2.34. The molecular weight excluding hydrogens is 254 g/mol. The van der Waals surface area contributed by atoms with E-state index in [0.29, 0.717) is 0 Å². The third-order valence-electron chi connectivity index (χ3n) is 3.52. The molecule has 0 bridgehead atoms. The van der Waals surface area contributed by atoms with Crippen molar-refractivity contribution in [2.75, 3.05) is 13.2 Å². The van der Waals surface area contributed by atoms with Crippen LogP contribution in [0.5, 0.6) is 0 Å². The number of aromatic nitrogens is 2. The van der Waals surface area contributed by atoms with Gasteiger partial charge in [-0.05, 0) is 24.0 Å². The third-order valence-corrected chi connectivity index (χ3v) is 3.52. The summed E-state index contributed by atoms with van der Waals surface area (Å²) < 4.78 is 7.52. The van der Waals surface area contributed by atoms with Crippen LogP contribution in [0.4, 0.5) is 0 Å². The molecule has 0 aliphatic rings. The molecule has 0 spiro atoms. The molecular formula is C15H23N3O2. The topological polar surface area (TPSA) is 63.2 Å². The molecule has 2 aromatic heterocycles. The van der Waals surface area contributed by atoms with Gasteiger partial charge in [0.2, 0.25) is 0 Å². The van der Waals surface area contributed by atoms with Crippen molar-refractivity contribution in [1.29, 1.82) is 0 Å². The number of aliphatic hydroxyl groups excluding tert-OH is 1.